The summed E-state index contributed by atoms with van der Waals surface area (Å²) in [6.45, 7) is 4.63. The molecule has 0 spiro atoms. The quantitative estimate of drug-likeness (QED) is 0.735. The van der Waals surface area contributed by atoms with Crippen LogP contribution in [0, 0.1) is 0 Å². The number of fused-ring (bicyclic) bond motifs is 3. The van der Waals surface area contributed by atoms with Gasteiger partial charge in [-0.15, -0.1) is 0 Å². The third-order valence-corrected chi connectivity index (χ3v) is 5.38. The Morgan fingerprint density at radius 1 is 1.08 bits per heavy atom. The van der Waals surface area contributed by atoms with E-state index in [-0.39, 0.29) is 19.7 Å². The van der Waals surface area contributed by atoms with Gasteiger partial charge in [0.15, 0.2) is 0 Å². The molecule has 0 saturated carbocycles. The standard InChI is InChI=1S/C19H25N3O.ClH/c1-20-10-12-21(13-11-20)14-19(23)22-17-8-4-2-6-15(17)16-7-3-5-9-18(16)22;/h2,4,6,8H,3,5,7,9-14H2,1H3;1H. The average molecular weight is 348 g/mol. The maximum atomic E-state index is 13.0. The Labute approximate surface area is 151 Å². The van der Waals surface area contributed by atoms with Crippen molar-refractivity contribution in [3.8, 4) is 0 Å². The number of hydrogen-bond acceptors (Lipinski definition) is 3. The highest BCUT2D eigenvalue weighted by Crippen LogP contribution is 2.32. The second-order valence-electron chi connectivity index (χ2n) is 6.96. The Morgan fingerprint density at radius 2 is 1.79 bits per heavy atom. The number of carbonyl (C=O) groups excluding carboxylic acids is 1. The van der Waals surface area contributed by atoms with Crippen molar-refractivity contribution in [1.82, 2.24) is 14.4 Å². The number of rotatable bonds is 2. The first kappa shape index (κ1) is 17.5. The van der Waals surface area contributed by atoms with Crippen LogP contribution < -0.4 is 12.4 Å². The third kappa shape index (κ3) is 3.10. The van der Waals surface area contributed by atoms with Crippen LogP contribution in [0.4, 0.5) is 0 Å². The SMILES string of the molecule is CN1CCN(CC(=O)n2c3c(c4ccccc42)CCCC3)CC1.[Cl-].[H+]. The molecule has 0 amide bonds. The summed E-state index contributed by atoms with van der Waals surface area (Å²) in [5, 5.41) is 1.29. The van der Waals surface area contributed by atoms with Gasteiger partial charge >= 0.3 is 1.43 Å². The van der Waals surface area contributed by atoms with Crippen molar-refractivity contribution in [3.05, 3.63) is 35.5 Å². The lowest BCUT2D eigenvalue weighted by Gasteiger charge is -2.32. The molecule has 1 aromatic carbocycles. The maximum absolute atomic E-state index is 13.0. The molecule has 0 radical (unpaired) electrons. The highest BCUT2D eigenvalue weighted by atomic mass is 35.5. The van der Waals surface area contributed by atoms with Crippen molar-refractivity contribution >= 4 is 16.8 Å². The van der Waals surface area contributed by atoms with E-state index in [1.54, 1.807) is 0 Å². The summed E-state index contributed by atoms with van der Waals surface area (Å²) in [7, 11) is 2.15. The van der Waals surface area contributed by atoms with Crippen molar-refractivity contribution in [1.29, 1.82) is 0 Å². The van der Waals surface area contributed by atoms with Crippen molar-refractivity contribution in [2.24, 2.45) is 0 Å². The van der Waals surface area contributed by atoms with Crippen molar-refractivity contribution in [2.75, 3.05) is 39.8 Å². The highest BCUT2D eigenvalue weighted by molar-refractivity contribution is 5.97. The Bertz CT molecular complexity index is 738. The van der Waals surface area contributed by atoms with Gasteiger partial charge < -0.3 is 17.3 Å². The number of aromatic nitrogens is 1. The van der Waals surface area contributed by atoms with Gasteiger partial charge in [-0.2, -0.15) is 0 Å². The molecular weight excluding hydrogens is 322 g/mol. The second kappa shape index (κ2) is 7.26. The van der Waals surface area contributed by atoms with Gasteiger partial charge in [0.25, 0.3) is 0 Å². The summed E-state index contributed by atoms with van der Waals surface area (Å²) in [4.78, 5) is 17.7. The summed E-state index contributed by atoms with van der Waals surface area (Å²) < 4.78 is 2.03. The van der Waals surface area contributed by atoms with E-state index in [4.69, 9.17) is 0 Å². The number of likely N-dealkylation sites (N-methyl/N-ethyl adjacent to an activating group) is 1. The number of carbonyl (C=O) groups is 1. The molecule has 4 rings (SSSR count). The first-order valence-electron chi connectivity index (χ1n) is 8.79. The molecule has 24 heavy (non-hydrogen) atoms. The van der Waals surface area contributed by atoms with E-state index in [2.05, 4.69) is 35.0 Å². The topological polar surface area (TPSA) is 28.5 Å². The van der Waals surface area contributed by atoms with E-state index in [1.807, 2.05) is 10.6 Å². The summed E-state index contributed by atoms with van der Waals surface area (Å²) in [6.07, 6.45) is 4.60. The number of benzene rings is 1. The molecular formula is C19H26ClN3O. The summed E-state index contributed by atoms with van der Waals surface area (Å²) >= 11 is 0. The van der Waals surface area contributed by atoms with Crippen molar-refractivity contribution < 1.29 is 18.6 Å². The van der Waals surface area contributed by atoms with E-state index in [0.29, 0.717) is 6.54 Å². The summed E-state index contributed by atoms with van der Waals surface area (Å²) in [6, 6.07) is 8.43. The van der Waals surface area contributed by atoms with Gasteiger partial charge in [-0.25, -0.2) is 0 Å². The smallest absolute Gasteiger partial charge is 1.00 e. The molecule has 130 valence electrons. The minimum absolute atomic E-state index is 0. The fourth-order valence-electron chi connectivity index (χ4n) is 4.05. The monoisotopic (exact) mass is 347 g/mol. The van der Waals surface area contributed by atoms with Gasteiger partial charge in [-0.3, -0.25) is 14.3 Å². The van der Waals surface area contributed by atoms with Crippen LogP contribution in [0.15, 0.2) is 24.3 Å². The van der Waals surface area contributed by atoms with E-state index in [1.165, 1.54) is 29.5 Å². The lowest BCUT2D eigenvalue weighted by molar-refractivity contribution is -0.0000143. The molecule has 4 nitrogen and oxygen atoms in total. The Kier molecular flexibility index (Phi) is 5.28. The number of halogens is 1. The Morgan fingerprint density at radius 3 is 2.58 bits per heavy atom. The molecule has 0 bridgehead atoms. The lowest BCUT2D eigenvalue weighted by atomic mass is 9.95. The zero-order valence-corrected chi connectivity index (χ0v) is 15.1. The van der Waals surface area contributed by atoms with Gasteiger partial charge in [-0.1, -0.05) is 18.2 Å². The van der Waals surface area contributed by atoms with E-state index in [0.717, 1.165) is 44.5 Å². The molecule has 0 atom stereocenters. The summed E-state index contributed by atoms with van der Waals surface area (Å²) in [5.41, 5.74) is 3.80. The predicted molar refractivity (Wildman–Crippen MR) is 94.3 cm³/mol. The van der Waals surface area contributed by atoms with Crippen molar-refractivity contribution in [2.45, 2.75) is 25.7 Å². The first-order chi connectivity index (χ1) is 11.2. The van der Waals surface area contributed by atoms with Gasteiger partial charge in [-0.05, 0) is 44.4 Å². The van der Waals surface area contributed by atoms with Crippen LogP contribution in [-0.4, -0.2) is 60.0 Å². The van der Waals surface area contributed by atoms with E-state index in [9.17, 15) is 4.79 Å². The van der Waals surface area contributed by atoms with Crippen molar-refractivity contribution in [3.63, 3.8) is 0 Å². The normalized spacial score (nSPS) is 19.0. The van der Waals surface area contributed by atoms with E-state index >= 15 is 0 Å². The number of piperazine rings is 1. The zero-order valence-electron chi connectivity index (χ0n) is 15.3. The molecule has 1 fully saturated rings. The van der Waals surface area contributed by atoms with Gasteiger partial charge in [0.05, 0.1) is 12.1 Å². The first-order valence-corrected chi connectivity index (χ1v) is 8.79. The molecule has 1 saturated heterocycles. The molecule has 2 aromatic rings. The molecule has 1 aliphatic carbocycles. The van der Waals surface area contributed by atoms with E-state index < -0.39 is 0 Å². The fraction of sp³-hybridized carbons (Fsp3) is 0.526. The fourth-order valence-corrected chi connectivity index (χ4v) is 4.05. The molecule has 2 aliphatic rings. The van der Waals surface area contributed by atoms with Gasteiger partial charge in [0.2, 0.25) is 5.91 Å². The molecule has 1 aliphatic heterocycles. The van der Waals surface area contributed by atoms with Gasteiger partial charge in [0.1, 0.15) is 0 Å². The number of para-hydroxylation sites is 1. The third-order valence-electron chi connectivity index (χ3n) is 5.38. The largest absolute Gasteiger partial charge is 1.00 e. The minimum Gasteiger partial charge on any atom is -1.00 e. The Balaban J connectivity index is 0.00000113. The molecule has 0 unspecified atom stereocenters. The van der Waals surface area contributed by atoms with Crippen LogP contribution >= 0.6 is 0 Å². The summed E-state index contributed by atoms with van der Waals surface area (Å²) in [5.74, 6) is 0.244. The number of nitrogens with zero attached hydrogens (tertiary/aromatic N) is 3. The predicted octanol–water partition coefficient (Wildman–Crippen LogP) is -0.476. The molecule has 0 N–H and O–H groups in total. The molecule has 1 aromatic heterocycles. The van der Waals surface area contributed by atoms with Crippen LogP contribution in [0.5, 0.6) is 0 Å². The average Bonchev–Trinajstić information content (AvgIpc) is 2.91. The van der Waals surface area contributed by atoms with Crippen LogP contribution in [-0.2, 0) is 12.8 Å². The van der Waals surface area contributed by atoms with Crippen LogP contribution in [0.3, 0.4) is 0 Å². The molecule has 5 heteroatoms. The number of hydrogen-bond donors (Lipinski definition) is 0. The van der Waals surface area contributed by atoms with Crippen LogP contribution in [0.25, 0.3) is 10.9 Å². The van der Waals surface area contributed by atoms with Crippen LogP contribution in [0.2, 0.25) is 0 Å². The molecule has 2 heterocycles. The lowest BCUT2D eigenvalue weighted by Crippen LogP contribution is -3.00. The highest BCUT2D eigenvalue weighted by Gasteiger charge is 2.25. The van der Waals surface area contributed by atoms with Crippen LogP contribution in [0.1, 0.15) is 30.3 Å². The minimum atomic E-state index is 0. The van der Waals surface area contributed by atoms with Gasteiger partial charge in [0, 0.05) is 37.3 Å². The zero-order chi connectivity index (χ0) is 15.8. The number of aryl methyl sites for hydroxylation is 1. The second-order valence-corrected chi connectivity index (χ2v) is 6.96. The maximum Gasteiger partial charge on any atom is 1.00 e. The Hall–Kier alpha value is -1.36.